The molecule has 12 heteroatoms. The molecule has 0 aliphatic carbocycles. The summed E-state index contributed by atoms with van der Waals surface area (Å²) in [6.45, 7) is 1.94. The van der Waals surface area contributed by atoms with Crippen molar-refractivity contribution in [3.8, 4) is 17.2 Å². The molecule has 1 fully saturated rings. The minimum Gasteiger partial charge on any atom is -0.507 e. The van der Waals surface area contributed by atoms with E-state index < -0.39 is 52.4 Å². The van der Waals surface area contributed by atoms with Crippen LogP contribution in [0.15, 0.2) is 24.3 Å². The Kier molecular flexibility index (Phi) is 8.94. The predicted molar refractivity (Wildman–Crippen MR) is 131 cm³/mol. The lowest BCUT2D eigenvalue weighted by molar-refractivity contribution is -0.142. The number of likely N-dealkylation sites (N-methyl/N-ethyl adjacent to an activating group) is 1. The number of benzene rings is 2. The van der Waals surface area contributed by atoms with Gasteiger partial charge in [0.25, 0.3) is 0 Å². The Hall–Kier alpha value is -3.31. The van der Waals surface area contributed by atoms with Crippen molar-refractivity contribution in [2.24, 2.45) is 0 Å². The van der Waals surface area contributed by atoms with Gasteiger partial charge in [0.1, 0.15) is 29.4 Å². The van der Waals surface area contributed by atoms with E-state index in [1.54, 1.807) is 0 Å². The van der Waals surface area contributed by atoms with Gasteiger partial charge in [0, 0.05) is 30.0 Å². The van der Waals surface area contributed by atoms with Crippen LogP contribution in [0.5, 0.6) is 17.2 Å². The molecule has 2 unspecified atom stereocenters. The summed E-state index contributed by atoms with van der Waals surface area (Å²) in [5, 5.41) is 10.9. The van der Waals surface area contributed by atoms with Gasteiger partial charge >= 0.3 is 12.1 Å². The molecule has 3 rings (SSSR count). The van der Waals surface area contributed by atoms with E-state index >= 15 is 0 Å². The molecule has 1 saturated heterocycles. The highest BCUT2D eigenvalue weighted by atomic mass is 35.5. The number of aromatic hydroxyl groups is 1. The monoisotopic (exact) mass is 557 g/mol. The molecule has 0 amide bonds. The number of nitrogens with zero attached hydrogens (tertiary/aromatic N) is 1. The van der Waals surface area contributed by atoms with Crippen molar-refractivity contribution in [2.45, 2.75) is 37.9 Å². The van der Waals surface area contributed by atoms with Crippen LogP contribution >= 0.6 is 11.6 Å². The van der Waals surface area contributed by atoms with Crippen LogP contribution in [0.25, 0.3) is 0 Å². The van der Waals surface area contributed by atoms with Gasteiger partial charge < -0.3 is 19.3 Å². The first-order valence-electron chi connectivity index (χ1n) is 11.5. The molecule has 1 aliphatic rings. The number of carbonyl (C=O) groups is 3. The van der Waals surface area contributed by atoms with Crippen molar-refractivity contribution in [1.82, 2.24) is 4.90 Å². The third-order valence-electron chi connectivity index (χ3n) is 6.55. The van der Waals surface area contributed by atoms with E-state index in [9.17, 15) is 32.7 Å². The quantitative estimate of drug-likeness (QED) is 0.264. The van der Waals surface area contributed by atoms with Gasteiger partial charge in [-0.15, -0.1) is 0 Å². The van der Waals surface area contributed by atoms with Gasteiger partial charge in [-0.3, -0.25) is 19.3 Å². The molecular weight excluding hydrogens is 531 g/mol. The van der Waals surface area contributed by atoms with Gasteiger partial charge in [-0.25, -0.2) is 0 Å². The number of carbonyl (C=O) groups excluding carboxylic acids is 3. The second kappa shape index (κ2) is 11.6. The number of hydrogen-bond donors (Lipinski definition) is 1. The molecule has 8 nitrogen and oxygen atoms in total. The second-order valence-corrected chi connectivity index (χ2v) is 9.29. The summed E-state index contributed by atoms with van der Waals surface area (Å²) >= 11 is 5.92. The summed E-state index contributed by atoms with van der Waals surface area (Å²) in [5.74, 6) is -2.79. The van der Waals surface area contributed by atoms with Crippen LogP contribution in [0, 0.1) is 0 Å². The number of esters is 1. The largest absolute Gasteiger partial charge is 0.507 e. The predicted octanol–water partition coefficient (Wildman–Crippen LogP) is 4.89. The van der Waals surface area contributed by atoms with Gasteiger partial charge in [-0.2, -0.15) is 13.2 Å². The van der Waals surface area contributed by atoms with Crippen LogP contribution in [-0.2, 0) is 15.7 Å². The minimum absolute atomic E-state index is 0.0410. The maximum absolute atomic E-state index is 13.3. The Morgan fingerprint density at radius 1 is 1.11 bits per heavy atom. The number of rotatable bonds is 9. The number of ketones is 2. The molecule has 2 atom stereocenters. The second-order valence-electron chi connectivity index (χ2n) is 8.88. The fourth-order valence-corrected chi connectivity index (χ4v) is 4.92. The number of halogens is 4. The summed E-state index contributed by atoms with van der Waals surface area (Å²) in [6, 6.07) is 3.31. The maximum atomic E-state index is 13.3. The highest BCUT2D eigenvalue weighted by Crippen LogP contribution is 2.47. The molecule has 0 bridgehead atoms. The van der Waals surface area contributed by atoms with Crippen molar-refractivity contribution < 1.29 is 46.9 Å². The first-order chi connectivity index (χ1) is 17.8. The third kappa shape index (κ3) is 6.05. The Bertz CT molecular complexity index is 1250. The molecule has 0 saturated carbocycles. The lowest BCUT2D eigenvalue weighted by Gasteiger charge is -2.27. The van der Waals surface area contributed by atoms with Gasteiger partial charge in [0.15, 0.2) is 11.6 Å². The van der Waals surface area contributed by atoms with Crippen LogP contribution in [0.1, 0.15) is 57.5 Å². The van der Waals surface area contributed by atoms with Gasteiger partial charge in [-0.05, 0) is 38.2 Å². The molecule has 1 aliphatic heterocycles. The van der Waals surface area contributed by atoms with Crippen LogP contribution in [0.4, 0.5) is 13.2 Å². The zero-order valence-corrected chi connectivity index (χ0v) is 21.9. The number of Topliss-reactive ketones (excluding diaryl/α,β-unsaturated/α-hetero) is 2. The molecule has 0 spiro atoms. The van der Waals surface area contributed by atoms with E-state index in [-0.39, 0.29) is 40.8 Å². The lowest BCUT2D eigenvalue weighted by atomic mass is 9.87. The normalized spacial score (nSPS) is 17.8. The highest BCUT2D eigenvalue weighted by molar-refractivity contribution is 6.34. The van der Waals surface area contributed by atoms with Crippen LogP contribution in [0.2, 0.25) is 5.02 Å². The highest BCUT2D eigenvalue weighted by Gasteiger charge is 2.39. The van der Waals surface area contributed by atoms with Crippen molar-refractivity contribution in [1.29, 1.82) is 0 Å². The van der Waals surface area contributed by atoms with Crippen molar-refractivity contribution in [3.63, 3.8) is 0 Å². The summed E-state index contributed by atoms with van der Waals surface area (Å²) in [7, 11) is 4.49. The summed E-state index contributed by atoms with van der Waals surface area (Å²) in [5.41, 5.74) is -1.29. The maximum Gasteiger partial charge on any atom is 0.416 e. The molecule has 0 aromatic heterocycles. The van der Waals surface area contributed by atoms with E-state index in [0.717, 1.165) is 6.07 Å². The minimum atomic E-state index is -4.65. The van der Waals surface area contributed by atoms with Gasteiger partial charge in [0.2, 0.25) is 0 Å². The van der Waals surface area contributed by atoms with Gasteiger partial charge in [0.05, 0.1) is 37.3 Å². The summed E-state index contributed by atoms with van der Waals surface area (Å²) in [6.07, 6.45) is -4.89. The number of phenols is 1. The van der Waals surface area contributed by atoms with Gasteiger partial charge in [-0.1, -0.05) is 11.6 Å². The number of hydrogen-bond acceptors (Lipinski definition) is 8. The Balaban J connectivity index is 1.99. The molecule has 2 aromatic carbocycles. The fourth-order valence-electron chi connectivity index (χ4n) is 4.63. The molecular formula is C26H27ClF3NO7. The molecule has 1 N–H and O–H groups in total. The fraction of sp³-hybridized carbons (Fsp3) is 0.423. The van der Waals surface area contributed by atoms with Crippen LogP contribution in [0.3, 0.4) is 0 Å². The Morgan fingerprint density at radius 2 is 1.76 bits per heavy atom. The number of likely N-dealkylation sites (tertiary alicyclic amines) is 1. The van der Waals surface area contributed by atoms with Crippen molar-refractivity contribution in [2.75, 3.05) is 34.4 Å². The molecule has 1 heterocycles. The van der Waals surface area contributed by atoms with E-state index in [1.807, 2.05) is 11.9 Å². The SMILES string of the molecule is COc1cc(OC)c(C2CCN(C)C2COC(C)=O)c(O)c1C(=O)CC(=O)c1ccc(C(F)(F)F)cc1Cl. The lowest BCUT2D eigenvalue weighted by Crippen LogP contribution is -2.34. The van der Waals surface area contributed by atoms with E-state index in [2.05, 4.69) is 0 Å². The average molecular weight is 558 g/mol. The number of methoxy groups -OCH3 is 2. The zero-order chi connectivity index (χ0) is 28.4. The first-order valence-corrected chi connectivity index (χ1v) is 11.9. The smallest absolute Gasteiger partial charge is 0.416 e. The molecule has 38 heavy (non-hydrogen) atoms. The Labute approximate surface area is 222 Å². The standard InChI is InChI=1S/C26H27ClF3NO7/c1-13(32)38-12-18-16(7-8-31(18)2)23-21(36-3)11-22(37-4)24(25(23)35)20(34)10-19(33)15-6-5-14(9-17(15)27)26(28,29)30/h5-6,9,11,16,18,35H,7-8,10,12H2,1-4H3. The number of ether oxygens (including phenoxy) is 3. The van der Waals surface area contributed by atoms with Crippen molar-refractivity contribution in [3.05, 3.63) is 51.5 Å². The molecule has 206 valence electrons. The van der Waals surface area contributed by atoms with E-state index in [0.29, 0.717) is 25.1 Å². The van der Waals surface area contributed by atoms with E-state index in [1.165, 1.54) is 27.2 Å². The zero-order valence-electron chi connectivity index (χ0n) is 21.1. The van der Waals surface area contributed by atoms with Crippen LogP contribution in [-0.4, -0.2) is 68.0 Å². The number of phenolic OH excluding ortho intramolecular Hbond substituents is 1. The summed E-state index contributed by atoms with van der Waals surface area (Å²) in [4.78, 5) is 39.5. The van der Waals surface area contributed by atoms with Crippen LogP contribution < -0.4 is 9.47 Å². The topological polar surface area (TPSA) is 102 Å². The molecule has 0 radical (unpaired) electrons. The number of alkyl halides is 3. The van der Waals surface area contributed by atoms with E-state index in [4.69, 9.17) is 25.8 Å². The first kappa shape index (κ1) is 29.2. The average Bonchev–Trinajstić information content (AvgIpc) is 3.20. The summed E-state index contributed by atoms with van der Waals surface area (Å²) < 4.78 is 54.8. The molecule has 2 aromatic rings. The Morgan fingerprint density at radius 3 is 2.32 bits per heavy atom. The van der Waals surface area contributed by atoms with Crippen molar-refractivity contribution >= 4 is 29.1 Å². The third-order valence-corrected chi connectivity index (χ3v) is 6.87.